The second-order valence-electron chi connectivity index (χ2n) is 4.50. The highest BCUT2D eigenvalue weighted by atomic mass is 16.5. The summed E-state index contributed by atoms with van der Waals surface area (Å²) in [4.78, 5) is 4.24. The fraction of sp³-hybridized carbons (Fsp3) is 0.429. The first kappa shape index (κ1) is 13.5. The van der Waals surface area contributed by atoms with E-state index in [0.29, 0.717) is 18.3 Å². The topological polar surface area (TPSA) is 74.2 Å². The minimum Gasteiger partial charge on any atom is -0.485 e. The number of aryl methyl sites for hydroxylation is 1. The number of rotatable bonds is 6. The third-order valence-corrected chi connectivity index (χ3v) is 2.75. The van der Waals surface area contributed by atoms with E-state index in [0.717, 1.165) is 24.2 Å². The zero-order valence-electron chi connectivity index (χ0n) is 11.3. The van der Waals surface area contributed by atoms with Crippen molar-refractivity contribution in [2.45, 2.75) is 39.3 Å². The number of hydrogen-bond acceptors (Lipinski definition) is 5. The van der Waals surface area contributed by atoms with Crippen molar-refractivity contribution in [3.63, 3.8) is 0 Å². The summed E-state index contributed by atoms with van der Waals surface area (Å²) in [5, 5.41) is 3.86. The van der Waals surface area contributed by atoms with Crippen LogP contribution in [0.5, 0.6) is 5.75 Å². The molecule has 102 valence electrons. The molecule has 0 saturated heterocycles. The summed E-state index contributed by atoms with van der Waals surface area (Å²) in [5.41, 5.74) is 6.87. The molecule has 1 aromatic heterocycles. The molecule has 1 atom stereocenters. The van der Waals surface area contributed by atoms with Crippen LogP contribution in [-0.2, 0) is 13.0 Å². The van der Waals surface area contributed by atoms with Crippen molar-refractivity contribution in [1.82, 2.24) is 10.1 Å². The van der Waals surface area contributed by atoms with Crippen LogP contribution in [0.3, 0.4) is 0 Å². The Morgan fingerprint density at radius 1 is 1.32 bits per heavy atom. The summed E-state index contributed by atoms with van der Waals surface area (Å²) < 4.78 is 10.7. The number of hydrogen-bond donors (Lipinski definition) is 1. The molecule has 0 saturated carbocycles. The van der Waals surface area contributed by atoms with Crippen molar-refractivity contribution in [2.75, 3.05) is 0 Å². The Labute approximate surface area is 112 Å². The molecule has 0 bridgehead atoms. The Hall–Kier alpha value is -1.88. The fourth-order valence-electron chi connectivity index (χ4n) is 1.68. The molecular formula is C14H19N3O2. The van der Waals surface area contributed by atoms with Crippen LogP contribution in [0, 0.1) is 0 Å². The second kappa shape index (κ2) is 6.33. The molecular weight excluding hydrogens is 242 g/mol. The molecule has 5 nitrogen and oxygen atoms in total. The van der Waals surface area contributed by atoms with Crippen molar-refractivity contribution in [3.05, 3.63) is 41.5 Å². The average Bonchev–Trinajstić information content (AvgIpc) is 2.85. The molecule has 1 aromatic carbocycles. The average molecular weight is 261 g/mol. The molecule has 19 heavy (non-hydrogen) atoms. The van der Waals surface area contributed by atoms with Gasteiger partial charge >= 0.3 is 0 Å². The highest BCUT2D eigenvalue weighted by Crippen LogP contribution is 2.16. The van der Waals surface area contributed by atoms with Crippen LogP contribution in [0.2, 0.25) is 0 Å². The van der Waals surface area contributed by atoms with E-state index in [4.69, 9.17) is 15.0 Å². The van der Waals surface area contributed by atoms with Gasteiger partial charge in [0.1, 0.15) is 5.75 Å². The van der Waals surface area contributed by atoms with E-state index in [-0.39, 0.29) is 6.04 Å². The maximum Gasteiger partial charge on any atom is 0.226 e. The monoisotopic (exact) mass is 261 g/mol. The summed E-state index contributed by atoms with van der Waals surface area (Å²) in [7, 11) is 0. The van der Waals surface area contributed by atoms with Gasteiger partial charge in [-0.25, -0.2) is 0 Å². The highest BCUT2D eigenvalue weighted by Gasteiger charge is 2.06. The predicted molar refractivity (Wildman–Crippen MR) is 71.7 cm³/mol. The number of benzene rings is 1. The predicted octanol–water partition coefficient (Wildman–Crippen LogP) is 2.62. The van der Waals surface area contributed by atoms with Crippen LogP contribution in [0.25, 0.3) is 0 Å². The van der Waals surface area contributed by atoms with E-state index < -0.39 is 0 Å². The van der Waals surface area contributed by atoms with Gasteiger partial charge < -0.3 is 15.0 Å². The molecule has 0 aliphatic carbocycles. The Kier molecular flexibility index (Phi) is 4.52. The van der Waals surface area contributed by atoms with Gasteiger partial charge in [0.05, 0.1) is 0 Å². The third kappa shape index (κ3) is 3.79. The Balaban J connectivity index is 1.90. The second-order valence-corrected chi connectivity index (χ2v) is 4.50. The fourth-order valence-corrected chi connectivity index (χ4v) is 1.68. The van der Waals surface area contributed by atoms with E-state index in [2.05, 4.69) is 17.1 Å². The first-order chi connectivity index (χ1) is 9.19. The van der Waals surface area contributed by atoms with Crippen LogP contribution >= 0.6 is 0 Å². The van der Waals surface area contributed by atoms with Gasteiger partial charge in [-0.2, -0.15) is 4.98 Å². The lowest BCUT2D eigenvalue weighted by molar-refractivity contribution is 0.285. The minimum absolute atomic E-state index is 0.0304. The molecule has 5 heteroatoms. The molecule has 1 heterocycles. The van der Waals surface area contributed by atoms with E-state index in [1.54, 1.807) is 0 Å². The summed E-state index contributed by atoms with van der Waals surface area (Å²) in [6.45, 7) is 4.33. The van der Waals surface area contributed by atoms with E-state index in [1.807, 2.05) is 31.2 Å². The smallest absolute Gasteiger partial charge is 0.226 e. The number of nitrogens with zero attached hydrogens (tertiary/aromatic N) is 2. The van der Waals surface area contributed by atoms with Crippen molar-refractivity contribution in [3.8, 4) is 5.75 Å². The zero-order chi connectivity index (χ0) is 13.7. The van der Waals surface area contributed by atoms with Crippen molar-refractivity contribution in [1.29, 1.82) is 0 Å². The SMILES string of the molecule is CCCc1nc(COc2ccc([C@@H](C)N)cc2)no1. The molecule has 0 spiro atoms. The third-order valence-electron chi connectivity index (χ3n) is 2.75. The largest absolute Gasteiger partial charge is 0.485 e. The van der Waals surface area contributed by atoms with Gasteiger partial charge in [-0.05, 0) is 31.0 Å². The lowest BCUT2D eigenvalue weighted by Crippen LogP contribution is -2.04. The Morgan fingerprint density at radius 2 is 2.05 bits per heavy atom. The van der Waals surface area contributed by atoms with Crippen LogP contribution < -0.4 is 10.5 Å². The lowest BCUT2D eigenvalue weighted by Gasteiger charge is -2.07. The van der Waals surface area contributed by atoms with Crippen molar-refractivity contribution in [2.24, 2.45) is 5.73 Å². The first-order valence-electron chi connectivity index (χ1n) is 6.49. The molecule has 0 aliphatic heterocycles. The summed E-state index contributed by atoms with van der Waals surface area (Å²) >= 11 is 0. The number of ether oxygens (including phenoxy) is 1. The minimum atomic E-state index is 0.0304. The highest BCUT2D eigenvalue weighted by molar-refractivity contribution is 5.28. The summed E-state index contributed by atoms with van der Waals surface area (Å²) in [6.07, 6.45) is 1.79. The first-order valence-corrected chi connectivity index (χ1v) is 6.49. The number of aromatic nitrogens is 2. The van der Waals surface area contributed by atoms with Gasteiger partial charge in [0.25, 0.3) is 0 Å². The summed E-state index contributed by atoms with van der Waals surface area (Å²) in [6, 6.07) is 7.73. The molecule has 2 N–H and O–H groups in total. The molecule has 0 amide bonds. The molecule has 2 rings (SSSR count). The van der Waals surface area contributed by atoms with E-state index >= 15 is 0 Å². The molecule has 0 fully saturated rings. The van der Waals surface area contributed by atoms with Gasteiger partial charge in [-0.15, -0.1) is 0 Å². The molecule has 0 radical (unpaired) electrons. The van der Waals surface area contributed by atoms with Crippen LogP contribution in [0.1, 0.15) is 43.6 Å². The van der Waals surface area contributed by atoms with Crippen LogP contribution in [0.15, 0.2) is 28.8 Å². The molecule has 0 aliphatic rings. The van der Waals surface area contributed by atoms with Crippen LogP contribution in [-0.4, -0.2) is 10.1 Å². The Morgan fingerprint density at radius 3 is 2.68 bits per heavy atom. The quantitative estimate of drug-likeness (QED) is 0.865. The van der Waals surface area contributed by atoms with E-state index in [9.17, 15) is 0 Å². The van der Waals surface area contributed by atoms with Crippen molar-refractivity contribution < 1.29 is 9.26 Å². The van der Waals surface area contributed by atoms with Crippen molar-refractivity contribution >= 4 is 0 Å². The Bertz CT molecular complexity index is 506. The maximum atomic E-state index is 5.79. The zero-order valence-corrected chi connectivity index (χ0v) is 11.3. The molecule has 0 unspecified atom stereocenters. The molecule has 2 aromatic rings. The van der Waals surface area contributed by atoms with Gasteiger partial charge in [0.15, 0.2) is 6.61 Å². The van der Waals surface area contributed by atoms with Crippen LogP contribution in [0.4, 0.5) is 0 Å². The van der Waals surface area contributed by atoms with Gasteiger partial charge in [0.2, 0.25) is 11.7 Å². The van der Waals surface area contributed by atoms with Gasteiger partial charge in [-0.1, -0.05) is 24.2 Å². The van der Waals surface area contributed by atoms with E-state index in [1.165, 1.54) is 0 Å². The number of nitrogens with two attached hydrogens (primary N) is 1. The van der Waals surface area contributed by atoms with Gasteiger partial charge in [0, 0.05) is 12.5 Å². The normalized spacial score (nSPS) is 12.4. The lowest BCUT2D eigenvalue weighted by atomic mass is 10.1. The summed E-state index contributed by atoms with van der Waals surface area (Å²) in [5.74, 6) is 2.00. The van der Waals surface area contributed by atoms with Gasteiger partial charge in [-0.3, -0.25) is 0 Å². The maximum absolute atomic E-state index is 5.79. The standard InChI is InChI=1S/C14H19N3O2/c1-3-4-14-16-13(17-19-14)9-18-12-7-5-11(6-8-12)10(2)15/h5-8,10H,3-4,9,15H2,1-2H3/t10-/m1/s1.